The highest BCUT2D eigenvalue weighted by Gasteiger charge is 2.15. The summed E-state index contributed by atoms with van der Waals surface area (Å²) in [6.45, 7) is 2.97. The van der Waals surface area contributed by atoms with Crippen molar-refractivity contribution in [3.8, 4) is 0 Å². The largest absolute Gasteiger partial charge is 0.393 e. The quantitative estimate of drug-likeness (QED) is 0.709. The van der Waals surface area contributed by atoms with Crippen molar-refractivity contribution in [2.45, 2.75) is 64.0 Å². The molecule has 4 nitrogen and oxygen atoms in total. The van der Waals surface area contributed by atoms with E-state index in [1.807, 2.05) is 11.9 Å². The van der Waals surface area contributed by atoms with Gasteiger partial charge in [-0.05, 0) is 33.2 Å². The lowest BCUT2D eigenvalue weighted by atomic mass is 10.1. The summed E-state index contributed by atoms with van der Waals surface area (Å²) in [4.78, 5) is 13.8. The van der Waals surface area contributed by atoms with Gasteiger partial charge in [-0.2, -0.15) is 0 Å². The molecule has 1 unspecified atom stereocenters. The van der Waals surface area contributed by atoms with Gasteiger partial charge in [-0.25, -0.2) is 0 Å². The van der Waals surface area contributed by atoms with E-state index in [1.165, 1.54) is 25.7 Å². The highest BCUT2D eigenvalue weighted by molar-refractivity contribution is 5.78. The van der Waals surface area contributed by atoms with Crippen LogP contribution in [0.5, 0.6) is 0 Å². The Morgan fingerprint density at radius 2 is 1.94 bits per heavy atom. The van der Waals surface area contributed by atoms with Gasteiger partial charge in [0.05, 0.1) is 12.6 Å². The molecule has 0 radical (unpaired) electrons. The second-order valence-electron chi connectivity index (χ2n) is 5.63. The number of carbonyl (C=O) groups is 1. The molecule has 1 atom stereocenters. The van der Waals surface area contributed by atoms with E-state index in [1.54, 1.807) is 6.92 Å². The summed E-state index contributed by atoms with van der Waals surface area (Å²) in [7, 11) is 1.93. The number of aliphatic hydroxyl groups excluding tert-OH is 1. The summed E-state index contributed by atoms with van der Waals surface area (Å²) < 4.78 is 0. The van der Waals surface area contributed by atoms with E-state index in [2.05, 4.69) is 5.32 Å². The van der Waals surface area contributed by atoms with Crippen molar-refractivity contribution in [2.24, 2.45) is 0 Å². The third-order valence-corrected chi connectivity index (χ3v) is 3.56. The molecule has 1 rings (SSSR count). The van der Waals surface area contributed by atoms with Crippen LogP contribution in [0.15, 0.2) is 0 Å². The maximum Gasteiger partial charge on any atom is 0.234 e. The molecule has 0 aromatic carbocycles. The first-order valence-corrected chi connectivity index (χ1v) is 7.24. The smallest absolute Gasteiger partial charge is 0.234 e. The van der Waals surface area contributed by atoms with Crippen molar-refractivity contribution in [3.05, 3.63) is 0 Å². The minimum atomic E-state index is -0.294. The normalized spacial score (nSPS) is 19.6. The molecule has 0 saturated heterocycles. The lowest BCUT2D eigenvalue weighted by molar-refractivity contribution is -0.122. The van der Waals surface area contributed by atoms with Crippen LogP contribution < -0.4 is 5.32 Å². The number of rotatable bonds is 6. The molecular formula is C14H28N2O2. The van der Waals surface area contributed by atoms with E-state index in [0.717, 1.165) is 19.4 Å². The zero-order valence-corrected chi connectivity index (χ0v) is 11.8. The Kier molecular flexibility index (Phi) is 7.28. The summed E-state index contributed by atoms with van der Waals surface area (Å²) in [5, 5.41) is 12.3. The average Bonchev–Trinajstić information content (AvgIpc) is 2.54. The lowest BCUT2D eigenvalue weighted by Crippen LogP contribution is -2.41. The number of likely N-dealkylation sites (N-methyl/N-ethyl adjacent to an activating group) is 1. The van der Waals surface area contributed by atoms with Crippen molar-refractivity contribution >= 4 is 5.91 Å². The number of carbonyl (C=O) groups excluding carboxylic acids is 1. The number of amides is 1. The number of aliphatic hydroxyl groups is 1. The van der Waals surface area contributed by atoms with E-state index in [4.69, 9.17) is 0 Å². The third kappa shape index (κ3) is 6.97. The molecule has 0 aliphatic heterocycles. The Morgan fingerprint density at radius 3 is 2.50 bits per heavy atom. The summed E-state index contributed by atoms with van der Waals surface area (Å²) >= 11 is 0. The van der Waals surface area contributed by atoms with Crippen molar-refractivity contribution in [3.63, 3.8) is 0 Å². The topological polar surface area (TPSA) is 52.6 Å². The minimum absolute atomic E-state index is 0.120. The van der Waals surface area contributed by atoms with Crippen LogP contribution in [0.2, 0.25) is 0 Å². The molecule has 4 heteroatoms. The van der Waals surface area contributed by atoms with Crippen LogP contribution in [-0.4, -0.2) is 48.2 Å². The second kappa shape index (κ2) is 8.48. The number of hydrogen-bond donors (Lipinski definition) is 2. The van der Waals surface area contributed by atoms with E-state index in [0.29, 0.717) is 19.0 Å². The molecule has 1 saturated carbocycles. The Hall–Kier alpha value is -0.610. The van der Waals surface area contributed by atoms with E-state index >= 15 is 0 Å². The van der Waals surface area contributed by atoms with Crippen LogP contribution >= 0.6 is 0 Å². The molecule has 2 N–H and O–H groups in total. The predicted molar refractivity (Wildman–Crippen MR) is 73.4 cm³/mol. The molecule has 0 heterocycles. The molecule has 106 valence electrons. The molecule has 1 amide bonds. The fourth-order valence-electron chi connectivity index (χ4n) is 2.43. The van der Waals surface area contributed by atoms with Crippen LogP contribution in [0.3, 0.4) is 0 Å². The first-order chi connectivity index (χ1) is 8.58. The fraction of sp³-hybridized carbons (Fsp3) is 0.929. The number of nitrogens with one attached hydrogen (secondary N) is 1. The third-order valence-electron chi connectivity index (χ3n) is 3.56. The van der Waals surface area contributed by atoms with Gasteiger partial charge in [-0.15, -0.1) is 0 Å². The molecule has 1 aliphatic carbocycles. The van der Waals surface area contributed by atoms with E-state index < -0.39 is 0 Å². The molecule has 0 bridgehead atoms. The Bertz CT molecular complexity index is 236. The monoisotopic (exact) mass is 256 g/mol. The average molecular weight is 256 g/mol. The van der Waals surface area contributed by atoms with Gasteiger partial charge in [-0.3, -0.25) is 9.69 Å². The van der Waals surface area contributed by atoms with Crippen LogP contribution in [0, 0.1) is 0 Å². The maximum absolute atomic E-state index is 11.9. The molecular weight excluding hydrogens is 228 g/mol. The molecule has 1 fully saturated rings. The molecule has 0 spiro atoms. The fourth-order valence-corrected chi connectivity index (χ4v) is 2.43. The lowest BCUT2D eigenvalue weighted by Gasteiger charge is -2.20. The molecule has 1 aliphatic rings. The predicted octanol–water partition coefficient (Wildman–Crippen LogP) is 1.53. The van der Waals surface area contributed by atoms with Gasteiger partial charge >= 0.3 is 0 Å². The number of hydrogen-bond acceptors (Lipinski definition) is 3. The summed E-state index contributed by atoms with van der Waals surface area (Å²) in [5.74, 6) is 0.120. The standard InChI is InChI=1S/C14H28N2O2/c1-12(17)9-10-16(2)11-14(18)15-13-7-5-3-4-6-8-13/h12-13,17H,3-11H2,1-2H3,(H,15,18). The molecule has 18 heavy (non-hydrogen) atoms. The molecule has 0 aromatic rings. The van der Waals surface area contributed by atoms with Crippen LogP contribution in [0.25, 0.3) is 0 Å². The van der Waals surface area contributed by atoms with Crippen molar-refractivity contribution < 1.29 is 9.90 Å². The van der Waals surface area contributed by atoms with Gasteiger partial charge < -0.3 is 10.4 Å². The summed E-state index contributed by atoms with van der Waals surface area (Å²) in [5.41, 5.74) is 0. The highest BCUT2D eigenvalue weighted by atomic mass is 16.3. The Balaban J connectivity index is 2.19. The SMILES string of the molecule is CC(O)CCN(C)CC(=O)NC1CCCCCC1. The van der Waals surface area contributed by atoms with Gasteiger partial charge in [0, 0.05) is 12.6 Å². The first kappa shape index (κ1) is 15.4. The van der Waals surface area contributed by atoms with Crippen molar-refractivity contribution in [1.29, 1.82) is 0 Å². The second-order valence-corrected chi connectivity index (χ2v) is 5.63. The molecule has 0 aromatic heterocycles. The van der Waals surface area contributed by atoms with Crippen molar-refractivity contribution in [2.75, 3.05) is 20.1 Å². The zero-order chi connectivity index (χ0) is 13.4. The highest BCUT2D eigenvalue weighted by Crippen LogP contribution is 2.17. The van der Waals surface area contributed by atoms with Gasteiger partial charge in [0.1, 0.15) is 0 Å². The Morgan fingerprint density at radius 1 is 1.33 bits per heavy atom. The minimum Gasteiger partial charge on any atom is -0.393 e. The van der Waals surface area contributed by atoms with Gasteiger partial charge in [0.25, 0.3) is 0 Å². The summed E-state index contributed by atoms with van der Waals surface area (Å²) in [6, 6.07) is 0.380. The van der Waals surface area contributed by atoms with Crippen LogP contribution in [0.4, 0.5) is 0 Å². The van der Waals surface area contributed by atoms with Crippen LogP contribution in [0.1, 0.15) is 51.9 Å². The summed E-state index contributed by atoms with van der Waals surface area (Å²) in [6.07, 6.45) is 7.77. The van der Waals surface area contributed by atoms with E-state index in [9.17, 15) is 9.90 Å². The van der Waals surface area contributed by atoms with Crippen LogP contribution in [-0.2, 0) is 4.79 Å². The van der Waals surface area contributed by atoms with E-state index in [-0.39, 0.29) is 12.0 Å². The zero-order valence-electron chi connectivity index (χ0n) is 11.8. The van der Waals surface area contributed by atoms with Gasteiger partial charge in [-0.1, -0.05) is 25.7 Å². The number of nitrogens with zero attached hydrogens (tertiary/aromatic N) is 1. The van der Waals surface area contributed by atoms with Gasteiger partial charge in [0.15, 0.2) is 0 Å². The first-order valence-electron chi connectivity index (χ1n) is 7.24. The van der Waals surface area contributed by atoms with Gasteiger partial charge in [0.2, 0.25) is 5.91 Å². The van der Waals surface area contributed by atoms with Crippen molar-refractivity contribution in [1.82, 2.24) is 10.2 Å². The maximum atomic E-state index is 11.9. The Labute approximate surface area is 111 Å².